The molecule has 0 bridgehead atoms. The number of morpholine rings is 1. The summed E-state index contributed by atoms with van der Waals surface area (Å²) in [5.41, 5.74) is 2.34. The molecule has 3 heterocycles. The van der Waals surface area contributed by atoms with E-state index in [0.29, 0.717) is 18.4 Å². The number of hydrogen-bond donors (Lipinski definition) is 0. The van der Waals surface area contributed by atoms with Crippen LogP contribution in [0.5, 0.6) is 0 Å². The molecule has 2 aliphatic rings. The Hall–Kier alpha value is -0.840. The molecule has 1 aromatic heterocycles. The molecular weight excluding hydrogens is 252 g/mol. The predicted molar refractivity (Wildman–Crippen MR) is 70.0 cm³/mol. The number of aromatic nitrogens is 1. The van der Waals surface area contributed by atoms with E-state index < -0.39 is 0 Å². The number of ether oxygens (including phenoxy) is 2. The van der Waals surface area contributed by atoms with Crippen molar-refractivity contribution in [3.63, 3.8) is 0 Å². The van der Waals surface area contributed by atoms with Crippen molar-refractivity contribution >= 4 is 17.4 Å². The average Bonchev–Trinajstić information content (AvgIpc) is 2.74. The van der Waals surface area contributed by atoms with Gasteiger partial charge in [0, 0.05) is 18.7 Å². The van der Waals surface area contributed by atoms with Crippen molar-refractivity contribution < 1.29 is 9.47 Å². The Labute approximate surface area is 112 Å². The van der Waals surface area contributed by atoms with Crippen LogP contribution in [0, 0.1) is 0 Å². The zero-order chi connectivity index (χ0) is 12.7. The second-order valence-electron chi connectivity index (χ2n) is 5.06. The fraction of sp³-hybridized carbons (Fsp3) is 0.615. The minimum atomic E-state index is 0.215. The Morgan fingerprint density at radius 3 is 2.72 bits per heavy atom. The maximum atomic E-state index is 6.10. The van der Waals surface area contributed by atoms with Crippen molar-refractivity contribution in [1.29, 1.82) is 0 Å². The van der Waals surface area contributed by atoms with Crippen molar-refractivity contribution in [2.75, 3.05) is 18.0 Å². The van der Waals surface area contributed by atoms with E-state index in [-0.39, 0.29) is 12.2 Å². The molecule has 0 N–H and O–H groups in total. The lowest BCUT2D eigenvalue weighted by Gasteiger charge is -2.36. The fourth-order valence-electron chi connectivity index (χ4n) is 2.74. The third-order valence-electron chi connectivity index (χ3n) is 3.39. The topological polar surface area (TPSA) is 34.6 Å². The molecule has 0 aromatic carbocycles. The van der Waals surface area contributed by atoms with Gasteiger partial charge in [0.2, 0.25) is 0 Å². The van der Waals surface area contributed by atoms with E-state index in [1.165, 1.54) is 5.56 Å². The van der Waals surface area contributed by atoms with E-state index in [9.17, 15) is 0 Å². The van der Waals surface area contributed by atoms with Crippen LogP contribution in [0.25, 0.3) is 0 Å². The first-order valence-electron chi connectivity index (χ1n) is 6.30. The molecular formula is C13H17ClN2O2. The molecule has 0 aliphatic carbocycles. The summed E-state index contributed by atoms with van der Waals surface area (Å²) in [4.78, 5) is 6.76. The highest BCUT2D eigenvalue weighted by Gasteiger charge is 2.27. The van der Waals surface area contributed by atoms with Crippen LogP contribution in [-0.2, 0) is 22.7 Å². The van der Waals surface area contributed by atoms with Gasteiger partial charge in [-0.3, -0.25) is 0 Å². The minimum absolute atomic E-state index is 0.215. The standard InChI is InChI=1S/C13H17ClN2O2/c1-8-4-16(5-9(2)18-8)13-11-7-17-6-10(11)3-12(14)15-13/h3,8-9H,4-7H2,1-2H3/t8-,9+. The number of anilines is 1. The Kier molecular flexibility index (Phi) is 3.18. The van der Waals surface area contributed by atoms with Crippen LogP contribution in [0.4, 0.5) is 5.82 Å². The van der Waals surface area contributed by atoms with Gasteiger partial charge in [-0.15, -0.1) is 0 Å². The fourth-order valence-corrected chi connectivity index (χ4v) is 2.95. The third-order valence-corrected chi connectivity index (χ3v) is 3.58. The maximum Gasteiger partial charge on any atom is 0.136 e. The van der Waals surface area contributed by atoms with Gasteiger partial charge in [0.1, 0.15) is 11.0 Å². The van der Waals surface area contributed by atoms with Gasteiger partial charge < -0.3 is 14.4 Å². The molecule has 0 saturated carbocycles. The summed E-state index contributed by atoms with van der Waals surface area (Å²) in [6.07, 6.45) is 0.431. The Morgan fingerprint density at radius 1 is 1.28 bits per heavy atom. The summed E-state index contributed by atoms with van der Waals surface area (Å²) in [5, 5.41) is 0.543. The Bertz CT molecular complexity index is 457. The second kappa shape index (κ2) is 4.68. The summed E-state index contributed by atoms with van der Waals surface area (Å²) in [6.45, 7) is 7.15. The van der Waals surface area contributed by atoms with E-state index in [1.54, 1.807) is 0 Å². The van der Waals surface area contributed by atoms with Gasteiger partial charge in [0.15, 0.2) is 0 Å². The van der Waals surface area contributed by atoms with Crippen LogP contribution in [-0.4, -0.2) is 30.3 Å². The SMILES string of the molecule is C[C@@H]1CN(c2nc(Cl)cc3c2COC3)C[C@H](C)O1. The lowest BCUT2D eigenvalue weighted by atomic mass is 10.1. The highest BCUT2D eigenvalue weighted by Crippen LogP contribution is 2.32. The van der Waals surface area contributed by atoms with Crippen molar-refractivity contribution in [1.82, 2.24) is 4.98 Å². The number of nitrogens with zero attached hydrogens (tertiary/aromatic N) is 2. The number of pyridine rings is 1. The van der Waals surface area contributed by atoms with E-state index in [2.05, 4.69) is 23.7 Å². The van der Waals surface area contributed by atoms with Gasteiger partial charge in [0.05, 0.1) is 25.4 Å². The molecule has 3 rings (SSSR count). The Morgan fingerprint density at radius 2 is 2.00 bits per heavy atom. The smallest absolute Gasteiger partial charge is 0.136 e. The third kappa shape index (κ3) is 2.20. The average molecular weight is 269 g/mol. The van der Waals surface area contributed by atoms with Crippen LogP contribution in [0.15, 0.2) is 6.07 Å². The quantitative estimate of drug-likeness (QED) is 0.733. The summed E-state index contributed by atoms with van der Waals surface area (Å²) in [6, 6.07) is 1.90. The number of halogens is 1. The van der Waals surface area contributed by atoms with Crippen molar-refractivity contribution in [3.8, 4) is 0 Å². The molecule has 0 unspecified atom stereocenters. The van der Waals surface area contributed by atoms with Gasteiger partial charge in [0.25, 0.3) is 0 Å². The minimum Gasteiger partial charge on any atom is -0.372 e. The first kappa shape index (κ1) is 12.2. The molecule has 0 radical (unpaired) electrons. The zero-order valence-corrected chi connectivity index (χ0v) is 11.4. The molecule has 98 valence electrons. The van der Waals surface area contributed by atoms with Crippen molar-refractivity contribution in [3.05, 3.63) is 22.3 Å². The van der Waals surface area contributed by atoms with Gasteiger partial charge >= 0.3 is 0 Å². The van der Waals surface area contributed by atoms with E-state index >= 15 is 0 Å². The van der Waals surface area contributed by atoms with Crippen LogP contribution in [0.3, 0.4) is 0 Å². The molecule has 1 fully saturated rings. The summed E-state index contributed by atoms with van der Waals surface area (Å²) < 4.78 is 11.3. The summed E-state index contributed by atoms with van der Waals surface area (Å²) >= 11 is 6.10. The second-order valence-corrected chi connectivity index (χ2v) is 5.45. The molecule has 18 heavy (non-hydrogen) atoms. The van der Waals surface area contributed by atoms with Gasteiger partial charge in [-0.2, -0.15) is 0 Å². The summed E-state index contributed by atoms with van der Waals surface area (Å²) in [5.74, 6) is 0.969. The first-order valence-corrected chi connectivity index (χ1v) is 6.67. The molecule has 0 spiro atoms. The predicted octanol–water partition coefficient (Wildman–Crippen LogP) is 2.38. The van der Waals surface area contributed by atoms with Gasteiger partial charge in [-0.05, 0) is 25.5 Å². The zero-order valence-electron chi connectivity index (χ0n) is 10.6. The van der Waals surface area contributed by atoms with Crippen LogP contribution < -0.4 is 4.90 Å². The Balaban J connectivity index is 1.96. The van der Waals surface area contributed by atoms with Crippen LogP contribution >= 0.6 is 11.6 Å². The molecule has 2 atom stereocenters. The molecule has 5 heteroatoms. The lowest BCUT2D eigenvalue weighted by Crippen LogP contribution is -2.46. The van der Waals surface area contributed by atoms with E-state index in [1.807, 2.05) is 6.07 Å². The van der Waals surface area contributed by atoms with Crippen LogP contribution in [0.2, 0.25) is 5.15 Å². The maximum absolute atomic E-state index is 6.10. The van der Waals surface area contributed by atoms with E-state index in [0.717, 1.165) is 24.5 Å². The van der Waals surface area contributed by atoms with Gasteiger partial charge in [-0.25, -0.2) is 4.98 Å². The van der Waals surface area contributed by atoms with E-state index in [4.69, 9.17) is 21.1 Å². The number of fused-ring (bicyclic) bond motifs is 1. The monoisotopic (exact) mass is 268 g/mol. The molecule has 1 aromatic rings. The molecule has 0 amide bonds. The number of hydrogen-bond acceptors (Lipinski definition) is 4. The molecule has 1 saturated heterocycles. The number of rotatable bonds is 1. The normalized spacial score (nSPS) is 27.4. The van der Waals surface area contributed by atoms with Crippen molar-refractivity contribution in [2.24, 2.45) is 0 Å². The largest absolute Gasteiger partial charge is 0.372 e. The first-order chi connectivity index (χ1) is 8.63. The van der Waals surface area contributed by atoms with Crippen LogP contribution in [0.1, 0.15) is 25.0 Å². The summed E-state index contributed by atoms with van der Waals surface area (Å²) in [7, 11) is 0. The highest BCUT2D eigenvalue weighted by molar-refractivity contribution is 6.29. The highest BCUT2D eigenvalue weighted by atomic mass is 35.5. The van der Waals surface area contributed by atoms with Crippen molar-refractivity contribution in [2.45, 2.75) is 39.3 Å². The van der Waals surface area contributed by atoms with Gasteiger partial charge in [-0.1, -0.05) is 11.6 Å². The molecule has 4 nitrogen and oxygen atoms in total. The molecule has 2 aliphatic heterocycles. The lowest BCUT2D eigenvalue weighted by molar-refractivity contribution is -0.00556.